The second-order valence-electron chi connectivity index (χ2n) is 11.2. The maximum atomic E-state index is 9.64. The molecule has 198 valence electrons. The number of benzene rings is 1. The Kier molecular flexibility index (Phi) is 8.42. The van der Waals surface area contributed by atoms with E-state index in [-0.39, 0.29) is 0 Å². The van der Waals surface area contributed by atoms with Crippen LogP contribution in [0, 0.1) is 29.1 Å². The standard InChI is InChI=1S/C29H41N7O/c1-37-26-8-3-2-5-22(26)17-33-29-34-18-23(15-30)28(36-29)32-16-19-13-20-6-4-7-21(14-19)27(20)35-25-11-9-24(31)10-12-25/h2-3,5,8,18-21,24-25,27,35H,4,6-7,9-14,16-17,31H2,1H3,(H2,32,33,34,36)/t19?,20-,21+,24?,25?,27?. The summed E-state index contributed by atoms with van der Waals surface area (Å²) < 4.78 is 5.44. The molecule has 1 heterocycles. The van der Waals surface area contributed by atoms with Crippen molar-refractivity contribution in [2.45, 2.75) is 82.5 Å². The van der Waals surface area contributed by atoms with Crippen molar-refractivity contribution < 1.29 is 4.74 Å². The molecule has 0 amide bonds. The smallest absolute Gasteiger partial charge is 0.224 e. The van der Waals surface area contributed by atoms with E-state index in [2.05, 4.69) is 32.0 Å². The van der Waals surface area contributed by atoms with E-state index < -0.39 is 0 Å². The number of nitrogens with one attached hydrogen (secondary N) is 3. The Bertz CT molecular complexity index is 1060. The van der Waals surface area contributed by atoms with Crippen LogP contribution in [0.25, 0.3) is 0 Å². The van der Waals surface area contributed by atoms with Gasteiger partial charge in [0.25, 0.3) is 0 Å². The average molecular weight is 504 g/mol. The molecule has 2 bridgehead atoms. The number of fused-ring (bicyclic) bond motifs is 2. The van der Waals surface area contributed by atoms with Gasteiger partial charge in [0.05, 0.1) is 13.3 Å². The molecule has 1 aromatic carbocycles. The molecule has 5 rings (SSSR count). The number of methoxy groups -OCH3 is 1. The molecule has 0 aliphatic heterocycles. The minimum Gasteiger partial charge on any atom is -0.496 e. The van der Waals surface area contributed by atoms with E-state index in [1.54, 1.807) is 13.3 Å². The first kappa shape index (κ1) is 25.7. The highest BCUT2D eigenvalue weighted by molar-refractivity contribution is 5.53. The molecule has 3 aliphatic rings. The normalized spacial score (nSPS) is 29.2. The second kappa shape index (κ2) is 12.1. The molecule has 37 heavy (non-hydrogen) atoms. The van der Waals surface area contributed by atoms with Gasteiger partial charge in [0.1, 0.15) is 23.2 Å². The molecule has 0 saturated heterocycles. The summed E-state index contributed by atoms with van der Waals surface area (Å²) in [4.78, 5) is 9.00. The van der Waals surface area contributed by atoms with E-state index in [0.717, 1.165) is 42.5 Å². The Hall–Kier alpha value is -2.89. The van der Waals surface area contributed by atoms with Crippen molar-refractivity contribution in [1.29, 1.82) is 5.26 Å². The average Bonchev–Trinajstić information content (AvgIpc) is 2.92. The Labute approximate surface area is 220 Å². The summed E-state index contributed by atoms with van der Waals surface area (Å²) in [5.41, 5.74) is 7.64. The number of ether oxygens (including phenoxy) is 1. The highest BCUT2D eigenvalue weighted by Crippen LogP contribution is 2.43. The van der Waals surface area contributed by atoms with Crippen molar-refractivity contribution in [2.75, 3.05) is 24.3 Å². The van der Waals surface area contributed by atoms with E-state index in [1.165, 1.54) is 44.9 Å². The lowest BCUT2D eigenvalue weighted by molar-refractivity contribution is 0.0750. The minimum absolute atomic E-state index is 0.399. The number of para-hydroxylation sites is 1. The van der Waals surface area contributed by atoms with Gasteiger partial charge in [-0.3, -0.25) is 0 Å². The molecule has 0 spiro atoms. The summed E-state index contributed by atoms with van der Waals surface area (Å²) in [6.45, 7) is 1.39. The van der Waals surface area contributed by atoms with Gasteiger partial charge in [0, 0.05) is 36.8 Å². The van der Waals surface area contributed by atoms with Crippen LogP contribution in [0.3, 0.4) is 0 Å². The van der Waals surface area contributed by atoms with E-state index in [9.17, 15) is 5.26 Å². The maximum absolute atomic E-state index is 9.64. The van der Waals surface area contributed by atoms with E-state index in [0.29, 0.717) is 47.9 Å². The second-order valence-corrected chi connectivity index (χ2v) is 11.2. The number of hydrogen-bond donors (Lipinski definition) is 4. The summed E-state index contributed by atoms with van der Waals surface area (Å²) in [5.74, 6) is 4.03. The molecule has 3 fully saturated rings. The molecule has 5 N–H and O–H groups in total. The third-order valence-corrected chi connectivity index (χ3v) is 8.73. The van der Waals surface area contributed by atoms with Crippen LogP contribution in [-0.2, 0) is 6.54 Å². The summed E-state index contributed by atoms with van der Waals surface area (Å²) in [6.07, 6.45) is 12.8. The van der Waals surface area contributed by atoms with Gasteiger partial charge >= 0.3 is 0 Å². The van der Waals surface area contributed by atoms with E-state index >= 15 is 0 Å². The number of nitrogens with two attached hydrogens (primary N) is 1. The van der Waals surface area contributed by atoms with Crippen LogP contribution in [0.15, 0.2) is 30.5 Å². The van der Waals surface area contributed by atoms with Crippen molar-refractivity contribution >= 4 is 11.8 Å². The molecule has 0 radical (unpaired) electrons. The highest BCUT2D eigenvalue weighted by Gasteiger charge is 2.41. The lowest BCUT2D eigenvalue weighted by Crippen LogP contribution is -2.54. The van der Waals surface area contributed by atoms with Gasteiger partial charge in [-0.1, -0.05) is 24.6 Å². The van der Waals surface area contributed by atoms with Crippen molar-refractivity contribution in [3.63, 3.8) is 0 Å². The number of anilines is 2. The molecule has 1 aromatic heterocycles. The van der Waals surface area contributed by atoms with Crippen LogP contribution >= 0.6 is 0 Å². The quantitative estimate of drug-likeness (QED) is 0.396. The van der Waals surface area contributed by atoms with Gasteiger partial charge in [-0.25, -0.2) is 4.98 Å². The first-order chi connectivity index (χ1) is 18.1. The minimum atomic E-state index is 0.399. The molecule has 4 atom stereocenters. The number of hydrogen-bond acceptors (Lipinski definition) is 8. The summed E-state index contributed by atoms with van der Waals surface area (Å²) in [6, 6.07) is 11.8. The van der Waals surface area contributed by atoms with Gasteiger partial charge in [-0.2, -0.15) is 10.2 Å². The monoisotopic (exact) mass is 503 g/mol. The molecule has 2 unspecified atom stereocenters. The SMILES string of the molecule is COc1ccccc1CNc1ncc(C#N)c(NCC2C[C@H]3CCC[C@@H](C2)C3NC2CCC(N)CC2)n1. The molecule has 2 aromatic rings. The zero-order valence-corrected chi connectivity index (χ0v) is 22.0. The topological polar surface area (TPSA) is 121 Å². The molecular weight excluding hydrogens is 462 g/mol. The Morgan fingerprint density at radius 1 is 1.05 bits per heavy atom. The predicted molar refractivity (Wildman–Crippen MR) is 146 cm³/mol. The van der Waals surface area contributed by atoms with Crippen LogP contribution in [0.5, 0.6) is 5.75 Å². The van der Waals surface area contributed by atoms with Crippen LogP contribution in [0.4, 0.5) is 11.8 Å². The number of aromatic nitrogens is 2. The number of nitrogens with zero attached hydrogens (tertiary/aromatic N) is 3. The van der Waals surface area contributed by atoms with Gasteiger partial charge < -0.3 is 26.4 Å². The summed E-state index contributed by atoms with van der Waals surface area (Å²) in [5, 5.41) is 20.5. The van der Waals surface area contributed by atoms with Crippen LogP contribution in [0.1, 0.15) is 68.9 Å². The lowest BCUT2D eigenvalue weighted by Gasteiger charge is -2.48. The Morgan fingerprint density at radius 2 is 1.81 bits per heavy atom. The first-order valence-electron chi connectivity index (χ1n) is 14.0. The van der Waals surface area contributed by atoms with Crippen molar-refractivity contribution in [3.8, 4) is 11.8 Å². The van der Waals surface area contributed by atoms with E-state index in [4.69, 9.17) is 10.5 Å². The summed E-state index contributed by atoms with van der Waals surface area (Å²) >= 11 is 0. The fourth-order valence-electron chi connectivity index (χ4n) is 6.81. The number of rotatable bonds is 9. The fourth-order valence-corrected chi connectivity index (χ4v) is 6.81. The Balaban J connectivity index is 1.18. The van der Waals surface area contributed by atoms with Gasteiger partial charge in [0.15, 0.2) is 0 Å². The number of nitriles is 1. The van der Waals surface area contributed by atoms with Gasteiger partial charge in [-0.05, 0) is 75.2 Å². The van der Waals surface area contributed by atoms with Gasteiger partial charge in [0.2, 0.25) is 5.95 Å². The summed E-state index contributed by atoms with van der Waals surface area (Å²) in [7, 11) is 1.67. The zero-order valence-electron chi connectivity index (χ0n) is 22.0. The largest absolute Gasteiger partial charge is 0.496 e. The molecule has 3 aliphatic carbocycles. The molecule has 8 heteroatoms. The molecule has 8 nitrogen and oxygen atoms in total. The maximum Gasteiger partial charge on any atom is 0.224 e. The zero-order chi connectivity index (χ0) is 25.6. The lowest BCUT2D eigenvalue weighted by atomic mass is 9.64. The van der Waals surface area contributed by atoms with Crippen LogP contribution < -0.4 is 26.4 Å². The third kappa shape index (κ3) is 6.34. The fraction of sp³-hybridized carbons (Fsp3) is 0.621. The molecular formula is C29H41N7O. The van der Waals surface area contributed by atoms with Gasteiger partial charge in [-0.15, -0.1) is 0 Å². The highest BCUT2D eigenvalue weighted by atomic mass is 16.5. The van der Waals surface area contributed by atoms with Crippen LogP contribution in [-0.4, -0.2) is 41.7 Å². The molecule has 3 saturated carbocycles. The third-order valence-electron chi connectivity index (χ3n) is 8.73. The van der Waals surface area contributed by atoms with Crippen molar-refractivity contribution in [2.24, 2.45) is 23.5 Å². The van der Waals surface area contributed by atoms with Crippen molar-refractivity contribution in [1.82, 2.24) is 15.3 Å². The predicted octanol–water partition coefficient (Wildman–Crippen LogP) is 4.44. The van der Waals surface area contributed by atoms with Crippen molar-refractivity contribution in [3.05, 3.63) is 41.6 Å². The first-order valence-corrected chi connectivity index (χ1v) is 14.0. The van der Waals surface area contributed by atoms with E-state index in [1.807, 2.05) is 24.3 Å². The van der Waals surface area contributed by atoms with Crippen LogP contribution in [0.2, 0.25) is 0 Å². The Morgan fingerprint density at radius 3 is 2.54 bits per heavy atom.